The summed E-state index contributed by atoms with van der Waals surface area (Å²) in [6.45, 7) is 7.30. The second-order valence-electron chi connectivity index (χ2n) is 5.24. The molecule has 1 aliphatic heterocycles. The van der Waals surface area contributed by atoms with E-state index < -0.39 is 0 Å². The van der Waals surface area contributed by atoms with E-state index in [1.54, 1.807) is 0 Å². The minimum atomic E-state index is 0.694. The van der Waals surface area contributed by atoms with Crippen molar-refractivity contribution < 1.29 is 0 Å². The van der Waals surface area contributed by atoms with Crippen LogP contribution in [0.5, 0.6) is 0 Å². The molecule has 0 amide bonds. The highest BCUT2D eigenvalue weighted by Gasteiger charge is 2.15. The fraction of sp³-hybridized carbons (Fsp3) is 0.500. The molecule has 0 aromatic heterocycles. The summed E-state index contributed by atoms with van der Waals surface area (Å²) < 4.78 is 0. The van der Waals surface area contributed by atoms with Crippen LogP contribution in [0.25, 0.3) is 6.08 Å². The molecule has 1 nitrogen and oxygen atoms in total. The lowest BCUT2D eigenvalue weighted by atomic mass is 9.91. The Kier molecular flexibility index (Phi) is 4.38. The van der Waals surface area contributed by atoms with Crippen LogP contribution in [0.1, 0.15) is 37.3 Å². The standard InChI is InChI=1S/C16H23N/c1-3-14-5-4-6-16(11-14)12-15-8-7-13(2)17-10-9-15/h3-6,11,13,15,17H,1,7-10,12H2,2H3. The maximum Gasteiger partial charge on any atom is 0.00388 e. The fourth-order valence-electron chi connectivity index (χ4n) is 2.65. The molecular formula is C16H23N. The second kappa shape index (κ2) is 6.02. The zero-order valence-electron chi connectivity index (χ0n) is 10.8. The number of rotatable bonds is 3. The first kappa shape index (κ1) is 12.4. The van der Waals surface area contributed by atoms with Crippen molar-refractivity contribution in [2.75, 3.05) is 6.54 Å². The molecule has 1 heteroatoms. The zero-order chi connectivity index (χ0) is 12.1. The fourth-order valence-corrected chi connectivity index (χ4v) is 2.65. The molecular weight excluding hydrogens is 206 g/mol. The van der Waals surface area contributed by atoms with Crippen LogP contribution in [0.2, 0.25) is 0 Å². The van der Waals surface area contributed by atoms with E-state index in [9.17, 15) is 0 Å². The summed E-state index contributed by atoms with van der Waals surface area (Å²) in [5, 5.41) is 3.57. The van der Waals surface area contributed by atoms with Crippen molar-refractivity contribution in [1.29, 1.82) is 0 Å². The van der Waals surface area contributed by atoms with Gasteiger partial charge in [-0.3, -0.25) is 0 Å². The van der Waals surface area contributed by atoms with Gasteiger partial charge in [-0.1, -0.05) is 36.9 Å². The first-order chi connectivity index (χ1) is 8.28. The van der Waals surface area contributed by atoms with Crippen LogP contribution in [0.3, 0.4) is 0 Å². The van der Waals surface area contributed by atoms with Gasteiger partial charge in [-0.15, -0.1) is 0 Å². The molecule has 0 radical (unpaired) electrons. The van der Waals surface area contributed by atoms with Crippen molar-refractivity contribution in [3.05, 3.63) is 42.0 Å². The average Bonchev–Trinajstić information content (AvgIpc) is 2.55. The molecule has 0 bridgehead atoms. The summed E-state index contributed by atoms with van der Waals surface area (Å²) >= 11 is 0. The highest BCUT2D eigenvalue weighted by atomic mass is 14.9. The second-order valence-corrected chi connectivity index (χ2v) is 5.24. The average molecular weight is 229 g/mol. The minimum absolute atomic E-state index is 0.694. The first-order valence-electron chi connectivity index (χ1n) is 6.72. The van der Waals surface area contributed by atoms with Gasteiger partial charge in [0.1, 0.15) is 0 Å². The molecule has 2 unspecified atom stereocenters. The highest BCUT2D eigenvalue weighted by molar-refractivity contribution is 5.47. The van der Waals surface area contributed by atoms with Gasteiger partial charge in [0, 0.05) is 6.04 Å². The van der Waals surface area contributed by atoms with Crippen LogP contribution in [-0.2, 0) is 6.42 Å². The molecule has 2 rings (SSSR count). The van der Waals surface area contributed by atoms with E-state index in [2.05, 4.69) is 43.1 Å². The third kappa shape index (κ3) is 3.71. The predicted octanol–water partition coefficient (Wildman–Crippen LogP) is 3.65. The van der Waals surface area contributed by atoms with Crippen LogP contribution in [0.15, 0.2) is 30.8 Å². The van der Waals surface area contributed by atoms with E-state index in [0.29, 0.717) is 6.04 Å². The van der Waals surface area contributed by atoms with Crippen LogP contribution < -0.4 is 5.32 Å². The highest BCUT2D eigenvalue weighted by Crippen LogP contribution is 2.21. The maximum atomic E-state index is 3.83. The lowest BCUT2D eigenvalue weighted by Gasteiger charge is -2.14. The normalized spacial score (nSPS) is 25.2. The molecule has 1 aromatic carbocycles. The van der Waals surface area contributed by atoms with Crippen LogP contribution in [0, 0.1) is 5.92 Å². The van der Waals surface area contributed by atoms with E-state index in [1.807, 2.05) is 6.08 Å². The third-order valence-electron chi connectivity index (χ3n) is 3.76. The largest absolute Gasteiger partial charge is 0.314 e. The molecule has 1 aromatic rings. The van der Waals surface area contributed by atoms with Crippen molar-refractivity contribution in [2.45, 2.75) is 38.6 Å². The Morgan fingerprint density at radius 2 is 2.24 bits per heavy atom. The molecule has 2 atom stereocenters. The zero-order valence-corrected chi connectivity index (χ0v) is 10.8. The molecule has 0 aliphatic carbocycles. The number of benzene rings is 1. The lowest BCUT2D eigenvalue weighted by Crippen LogP contribution is -2.24. The molecule has 92 valence electrons. The van der Waals surface area contributed by atoms with Gasteiger partial charge in [-0.05, 0) is 56.2 Å². The number of hydrogen-bond acceptors (Lipinski definition) is 1. The van der Waals surface area contributed by atoms with Gasteiger partial charge in [0.2, 0.25) is 0 Å². The quantitative estimate of drug-likeness (QED) is 0.834. The molecule has 0 spiro atoms. The van der Waals surface area contributed by atoms with Crippen molar-refractivity contribution in [3.8, 4) is 0 Å². The van der Waals surface area contributed by atoms with E-state index in [1.165, 1.54) is 43.4 Å². The van der Waals surface area contributed by atoms with Crippen molar-refractivity contribution in [2.24, 2.45) is 5.92 Å². The van der Waals surface area contributed by atoms with Gasteiger partial charge in [-0.25, -0.2) is 0 Å². The van der Waals surface area contributed by atoms with Gasteiger partial charge >= 0.3 is 0 Å². The Morgan fingerprint density at radius 1 is 1.35 bits per heavy atom. The number of hydrogen-bond donors (Lipinski definition) is 1. The summed E-state index contributed by atoms with van der Waals surface area (Å²) in [6.07, 6.45) is 7.12. The minimum Gasteiger partial charge on any atom is -0.314 e. The predicted molar refractivity (Wildman–Crippen MR) is 75.0 cm³/mol. The van der Waals surface area contributed by atoms with E-state index in [4.69, 9.17) is 0 Å². The lowest BCUT2D eigenvalue weighted by molar-refractivity contribution is 0.464. The van der Waals surface area contributed by atoms with Gasteiger partial charge in [0.05, 0.1) is 0 Å². The molecule has 1 saturated heterocycles. The maximum absolute atomic E-state index is 3.83. The van der Waals surface area contributed by atoms with Gasteiger partial charge in [0.15, 0.2) is 0 Å². The third-order valence-corrected chi connectivity index (χ3v) is 3.76. The summed E-state index contributed by atoms with van der Waals surface area (Å²) in [4.78, 5) is 0. The monoisotopic (exact) mass is 229 g/mol. The summed E-state index contributed by atoms with van der Waals surface area (Å²) in [6, 6.07) is 9.47. The van der Waals surface area contributed by atoms with Crippen LogP contribution >= 0.6 is 0 Å². The molecule has 1 fully saturated rings. The van der Waals surface area contributed by atoms with E-state index in [0.717, 1.165) is 5.92 Å². The molecule has 1 N–H and O–H groups in total. The summed E-state index contributed by atoms with van der Waals surface area (Å²) in [7, 11) is 0. The Labute approximate surface area is 105 Å². The molecule has 1 aliphatic rings. The number of nitrogens with one attached hydrogen (secondary N) is 1. The smallest absolute Gasteiger partial charge is 0.00388 e. The van der Waals surface area contributed by atoms with Crippen molar-refractivity contribution in [3.63, 3.8) is 0 Å². The molecule has 17 heavy (non-hydrogen) atoms. The van der Waals surface area contributed by atoms with E-state index in [-0.39, 0.29) is 0 Å². The van der Waals surface area contributed by atoms with E-state index >= 15 is 0 Å². The topological polar surface area (TPSA) is 12.0 Å². The van der Waals surface area contributed by atoms with Gasteiger partial charge < -0.3 is 5.32 Å². The first-order valence-corrected chi connectivity index (χ1v) is 6.72. The van der Waals surface area contributed by atoms with Crippen molar-refractivity contribution >= 4 is 6.08 Å². The Hall–Kier alpha value is -1.08. The summed E-state index contributed by atoms with van der Waals surface area (Å²) in [5.41, 5.74) is 2.70. The Balaban J connectivity index is 1.97. The van der Waals surface area contributed by atoms with Gasteiger partial charge in [0.25, 0.3) is 0 Å². The SMILES string of the molecule is C=Cc1cccc(CC2CCNC(C)CC2)c1. The van der Waals surface area contributed by atoms with Crippen LogP contribution in [0.4, 0.5) is 0 Å². The molecule has 0 saturated carbocycles. The van der Waals surface area contributed by atoms with Crippen LogP contribution in [-0.4, -0.2) is 12.6 Å². The van der Waals surface area contributed by atoms with Gasteiger partial charge in [-0.2, -0.15) is 0 Å². The molecule has 1 heterocycles. The summed E-state index contributed by atoms with van der Waals surface area (Å²) in [5.74, 6) is 0.840. The Bertz CT molecular complexity index is 370. The Morgan fingerprint density at radius 3 is 3.06 bits per heavy atom. The van der Waals surface area contributed by atoms with Crippen molar-refractivity contribution in [1.82, 2.24) is 5.32 Å².